The fourth-order valence-electron chi connectivity index (χ4n) is 2.20. The SMILES string of the molecule is O=C(CS(=O)(=O)Cc1ccc(-c2ccc(O)cc2)cc1)NCCO. The molecule has 0 spiro atoms. The molecular weight excluding hydrogens is 330 g/mol. The molecule has 0 fully saturated rings. The fourth-order valence-corrected chi connectivity index (χ4v) is 3.50. The first-order valence-corrected chi connectivity index (χ1v) is 9.18. The third-order valence-corrected chi connectivity index (χ3v) is 4.80. The van der Waals surface area contributed by atoms with Crippen molar-refractivity contribution in [3.8, 4) is 16.9 Å². The van der Waals surface area contributed by atoms with Crippen LogP contribution in [0, 0.1) is 0 Å². The zero-order valence-corrected chi connectivity index (χ0v) is 13.8. The van der Waals surface area contributed by atoms with Crippen molar-refractivity contribution in [1.29, 1.82) is 0 Å². The van der Waals surface area contributed by atoms with E-state index in [1.54, 1.807) is 48.5 Å². The molecule has 3 N–H and O–H groups in total. The Hall–Kier alpha value is -2.38. The molecule has 0 atom stereocenters. The summed E-state index contributed by atoms with van der Waals surface area (Å²) in [5.74, 6) is -1.27. The van der Waals surface area contributed by atoms with Gasteiger partial charge in [0.1, 0.15) is 11.5 Å². The lowest BCUT2D eigenvalue weighted by molar-refractivity contribution is -0.118. The van der Waals surface area contributed by atoms with Crippen LogP contribution < -0.4 is 5.32 Å². The highest BCUT2D eigenvalue weighted by Gasteiger charge is 2.17. The molecule has 0 aromatic heterocycles. The normalized spacial score (nSPS) is 11.2. The monoisotopic (exact) mass is 349 g/mol. The minimum atomic E-state index is -3.57. The summed E-state index contributed by atoms with van der Waals surface area (Å²) in [6, 6.07) is 13.7. The summed E-state index contributed by atoms with van der Waals surface area (Å²) in [6.45, 7) is -0.194. The van der Waals surface area contributed by atoms with E-state index < -0.39 is 21.5 Å². The zero-order chi connectivity index (χ0) is 17.6. The largest absolute Gasteiger partial charge is 0.508 e. The Kier molecular flexibility index (Phi) is 5.94. The number of rotatable bonds is 7. The van der Waals surface area contributed by atoms with Gasteiger partial charge in [0.2, 0.25) is 5.91 Å². The molecule has 6 nitrogen and oxygen atoms in total. The number of hydrogen-bond donors (Lipinski definition) is 3. The first-order valence-electron chi connectivity index (χ1n) is 7.36. The van der Waals surface area contributed by atoms with Crippen LogP contribution >= 0.6 is 0 Å². The molecule has 7 heteroatoms. The van der Waals surface area contributed by atoms with Gasteiger partial charge >= 0.3 is 0 Å². The first kappa shape index (κ1) is 18.0. The van der Waals surface area contributed by atoms with E-state index in [-0.39, 0.29) is 24.7 Å². The summed E-state index contributed by atoms with van der Waals surface area (Å²) in [4.78, 5) is 11.5. The summed E-state index contributed by atoms with van der Waals surface area (Å²) in [7, 11) is -3.57. The van der Waals surface area contributed by atoms with Crippen molar-refractivity contribution >= 4 is 15.7 Å². The summed E-state index contributed by atoms with van der Waals surface area (Å²) in [5, 5.41) is 20.2. The fraction of sp³-hybridized carbons (Fsp3) is 0.235. The summed E-state index contributed by atoms with van der Waals surface area (Å²) in [6.07, 6.45) is 0. The van der Waals surface area contributed by atoms with E-state index in [1.807, 2.05) is 0 Å². The molecule has 2 aromatic carbocycles. The van der Waals surface area contributed by atoms with E-state index in [2.05, 4.69) is 5.32 Å². The molecule has 128 valence electrons. The molecule has 0 heterocycles. The quantitative estimate of drug-likeness (QED) is 0.694. The lowest BCUT2D eigenvalue weighted by atomic mass is 10.0. The number of benzene rings is 2. The van der Waals surface area contributed by atoms with Gasteiger partial charge in [-0.1, -0.05) is 36.4 Å². The Morgan fingerprint density at radius 3 is 2.04 bits per heavy atom. The van der Waals surface area contributed by atoms with E-state index in [9.17, 15) is 18.3 Å². The number of aliphatic hydroxyl groups excluding tert-OH is 1. The topological polar surface area (TPSA) is 104 Å². The third-order valence-electron chi connectivity index (χ3n) is 3.33. The van der Waals surface area contributed by atoms with Crippen LogP contribution in [0.15, 0.2) is 48.5 Å². The number of phenolic OH excluding ortho intramolecular Hbond substituents is 1. The van der Waals surface area contributed by atoms with E-state index in [4.69, 9.17) is 5.11 Å². The number of aromatic hydroxyl groups is 1. The number of phenols is 1. The van der Waals surface area contributed by atoms with Crippen LogP contribution in [0.1, 0.15) is 5.56 Å². The number of carbonyl (C=O) groups excluding carboxylic acids is 1. The van der Waals surface area contributed by atoms with Gasteiger partial charge in [0.25, 0.3) is 0 Å². The van der Waals surface area contributed by atoms with Gasteiger partial charge < -0.3 is 15.5 Å². The van der Waals surface area contributed by atoms with Crippen LogP contribution in [0.5, 0.6) is 5.75 Å². The minimum absolute atomic E-state index is 0.0374. The van der Waals surface area contributed by atoms with Gasteiger partial charge in [-0.3, -0.25) is 4.79 Å². The molecule has 0 bridgehead atoms. The van der Waals surface area contributed by atoms with Gasteiger partial charge in [0.15, 0.2) is 9.84 Å². The first-order chi connectivity index (χ1) is 11.4. The van der Waals surface area contributed by atoms with Gasteiger partial charge in [-0.15, -0.1) is 0 Å². The smallest absolute Gasteiger partial charge is 0.235 e. The van der Waals surface area contributed by atoms with Crippen molar-refractivity contribution in [3.05, 3.63) is 54.1 Å². The molecule has 24 heavy (non-hydrogen) atoms. The number of aliphatic hydroxyl groups is 1. The van der Waals surface area contributed by atoms with Crippen molar-refractivity contribution in [2.24, 2.45) is 0 Å². The predicted molar refractivity (Wildman–Crippen MR) is 91.1 cm³/mol. The maximum atomic E-state index is 12.0. The number of hydrogen-bond acceptors (Lipinski definition) is 5. The number of nitrogens with one attached hydrogen (secondary N) is 1. The Labute approximate surface area is 140 Å². The summed E-state index contributed by atoms with van der Waals surface area (Å²) >= 11 is 0. The highest BCUT2D eigenvalue weighted by Crippen LogP contribution is 2.22. The van der Waals surface area contributed by atoms with Gasteiger partial charge in [-0.25, -0.2) is 8.42 Å². The molecule has 0 unspecified atom stereocenters. The van der Waals surface area contributed by atoms with Crippen LogP contribution in [-0.4, -0.2) is 43.4 Å². The number of amides is 1. The maximum Gasteiger partial charge on any atom is 0.235 e. The maximum absolute atomic E-state index is 12.0. The van der Waals surface area contributed by atoms with Gasteiger partial charge in [0.05, 0.1) is 12.4 Å². The van der Waals surface area contributed by atoms with Crippen LogP contribution in [-0.2, 0) is 20.4 Å². The molecule has 2 aromatic rings. The minimum Gasteiger partial charge on any atom is -0.508 e. The second-order valence-electron chi connectivity index (χ2n) is 5.35. The highest BCUT2D eigenvalue weighted by molar-refractivity contribution is 7.91. The molecule has 0 radical (unpaired) electrons. The summed E-state index contributed by atoms with van der Waals surface area (Å²) < 4.78 is 24.0. The van der Waals surface area contributed by atoms with Crippen LogP contribution in [0.2, 0.25) is 0 Å². The van der Waals surface area contributed by atoms with Crippen LogP contribution in [0.4, 0.5) is 0 Å². The average Bonchev–Trinajstić information content (AvgIpc) is 2.53. The van der Waals surface area contributed by atoms with Crippen molar-refractivity contribution < 1.29 is 23.4 Å². The Bertz CT molecular complexity index is 783. The molecule has 1 amide bonds. The average molecular weight is 349 g/mol. The molecule has 2 rings (SSSR count). The molecule has 0 saturated heterocycles. The van der Waals surface area contributed by atoms with Crippen LogP contribution in [0.3, 0.4) is 0 Å². The van der Waals surface area contributed by atoms with Crippen molar-refractivity contribution in [3.63, 3.8) is 0 Å². The third kappa shape index (κ3) is 5.36. The van der Waals surface area contributed by atoms with E-state index in [0.717, 1.165) is 11.1 Å². The number of sulfone groups is 1. The molecular formula is C17H19NO5S. The second kappa shape index (κ2) is 7.94. The lowest BCUT2D eigenvalue weighted by Gasteiger charge is -2.07. The zero-order valence-electron chi connectivity index (χ0n) is 13.0. The summed E-state index contributed by atoms with van der Waals surface area (Å²) in [5.41, 5.74) is 2.40. The Morgan fingerprint density at radius 2 is 1.50 bits per heavy atom. The van der Waals surface area contributed by atoms with Gasteiger partial charge in [0, 0.05) is 6.54 Å². The molecule has 0 saturated carbocycles. The van der Waals surface area contributed by atoms with Crippen LogP contribution in [0.25, 0.3) is 11.1 Å². The van der Waals surface area contributed by atoms with Crippen molar-refractivity contribution in [2.75, 3.05) is 18.9 Å². The standard InChI is InChI=1S/C17H19NO5S/c19-10-9-18-17(21)12-24(22,23)11-13-1-3-14(4-2-13)15-5-7-16(20)8-6-15/h1-8,19-20H,9-12H2,(H,18,21). The molecule has 0 aliphatic heterocycles. The number of carbonyl (C=O) groups is 1. The van der Waals surface area contributed by atoms with E-state index in [1.165, 1.54) is 0 Å². The van der Waals surface area contributed by atoms with E-state index >= 15 is 0 Å². The molecule has 0 aliphatic rings. The highest BCUT2D eigenvalue weighted by atomic mass is 32.2. The predicted octanol–water partition coefficient (Wildman–Crippen LogP) is 1.08. The van der Waals surface area contributed by atoms with Crippen molar-refractivity contribution in [2.45, 2.75) is 5.75 Å². The van der Waals surface area contributed by atoms with Gasteiger partial charge in [-0.05, 0) is 28.8 Å². The lowest BCUT2D eigenvalue weighted by Crippen LogP contribution is -2.32. The molecule has 0 aliphatic carbocycles. The Balaban J connectivity index is 2.02. The van der Waals surface area contributed by atoms with Crippen molar-refractivity contribution in [1.82, 2.24) is 5.32 Å². The van der Waals surface area contributed by atoms with E-state index in [0.29, 0.717) is 5.56 Å². The van der Waals surface area contributed by atoms with Gasteiger partial charge in [-0.2, -0.15) is 0 Å². The Morgan fingerprint density at radius 1 is 0.958 bits per heavy atom. The second-order valence-corrected chi connectivity index (χ2v) is 7.41.